The fourth-order valence-corrected chi connectivity index (χ4v) is 2.48. The lowest BCUT2D eigenvalue weighted by Crippen LogP contribution is -2.48. The van der Waals surface area contributed by atoms with Gasteiger partial charge in [0.2, 0.25) is 0 Å². The molecule has 7 heteroatoms. The van der Waals surface area contributed by atoms with Crippen LogP contribution in [0, 0.1) is 17.2 Å². The van der Waals surface area contributed by atoms with Crippen LogP contribution in [-0.4, -0.2) is 35.4 Å². The number of ketones is 1. The maximum atomic E-state index is 12.5. The second-order valence-electron chi connectivity index (χ2n) is 5.86. The van der Waals surface area contributed by atoms with Crippen LogP contribution >= 0.6 is 0 Å². The molecule has 1 N–H and O–H groups in total. The number of aliphatic carboxylic acids is 1. The van der Waals surface area contributed by atoms with E-state index in [9.17, 15) is 14.4 Å². The Balaban J connectivity index is 2.36. The summed E-state index contributed by atoms with van der Waals surface area (Å²) in [7, 11) is 0. The Labute approximate surface area is 139 Å². The fraction of sp³-hybridized carbons (Fsp3) is 0.412. The average molecular weight is 330 g/mol. The van der Waals surface area contributed by atoms with Crippen molar-refractivity contribution >= 4 is 23.3 Å². The molecule has 1 aliphatic rings. The topological polar surface area (TPSA) is 108 Å². The second kappa shape index (κ2) is 7.13. The highest BCUT2D eigenvalue weighted by atomic mass is 16.5. The Morgan fingerprint density at radius 3 is 2.67 bits per heavy atom. The van der Waals surface area contributed by atoms with Gasteiger partial charge in [0.1, 0.15) is 12.3 Å². The van der Waals surface area contributed by atoms with Crippen molar-refractivity contribution in [2.45, 2.75) is 32.8 Å². The lowest BCUT2D eigenvalue weighted by atomic mass is 10.0. The first-order valence-corrected chi connectivity index (χ1v) is 7.59. The molecule has 0 aromatic heterocycles. The van der Waals surface area contributed by atoms with Gasteiger partial charge in [-0.25, -0.2) is 0 Å². The van der Waals surface area contributed by atoms with E-state index < -0.39 is 12.1 Å². The first-order chi connectivity index (χ1) is 11.3. The number of fused-ring (bicyclic) bond motifs is 1. The largest absolute Gasteiger partial charge is 0.481 e. The predicted molar refractivity (Wildman–Crippen MR) is 84.9 cm³/mol. The third-order valence-electron chi connectivity index (χ3n) is 3.74. The van der Waals surface area contributed by atoms with Gasteiger partial charge in [-0.3, -0.25) is 19.3 Å². The minimum absolute atomic E-state index is 0.0660. The van der Waals surface area contributed by atoms with E-state index in [1.165, 1.54) is 11.0 Å². The van der Waals surface area contributed by atoms with Gasteiger partial charge < -0.3 is 9.84 Å². The number of amides is 1. The molecule has 24 heavy (non-hydrogen) atoms. The molecule has 0 radical (unpaired) electrons. The molecule has 0 saturated heterocycles. The van der Waals surface area contributed by atoms with E-state index in [0.29, 0.717) is 11.4 Å². The number of hydrogen-bond acceptors (Lipinski definition) is 5. The van der Waals surface area contributed by atoms with Gasteiger partial charge >= 0.3 is 5.97 Å². The number of nitriles is 1. The van der Waals surface area contributed by atoms with Gasteiger partial charge in [-0.1, -0.05) is 13.8 Å². The normalized spacial score (nSPS) is 16.3. The fourth-order valence-electron chi connectivity index (χ4n) is 2.48. The molecule has 1 unspecified atom stereocenters. The van der Waals surface area contributed by atoms with Gasteiger partial charge in [-0.05, 0) is 24.1 Å². The highest BCUT2D eigenvalue weighted by Gasteiger charge is 2.36. The van der Waals surface area contributed by atoms with Gasteiger partial charge in [0, 0.05) is 12.0 Å². The van der Waals surface area contributed by atoms with Crippen molar-refractivity contribution in [3.8, 4) is 11.8 Å². The molecule has 0 bridgehead atoms. The Bertz CT molecular complexity index is 720. The zero-order chi connectivity index (χ0) is 17.9. The van der Waals surface area contributed by atoms with E-state index in [2.05, 4.69) is 0 Å². The van der Waals surface area contributed by atoms with Crippen LogP contribution in [0.15, 0.2) is 18.2 Å². The Kier molecular flexibility index (Phi) is 5.19. The van der Waals surface area contributed by atoms with Crippen LogP contribution in [0.5, 0.6) is 5.75 Å². The number of ether oxygens (including phenoxy) is 1. The van der Waals surface area contributed by atoms with E-state index in [0.717, 1.165) is 0 Å². The molecule has 1 atom stereocenters. The summed E-state index contributed by atoms with van der Waals surface area (Å²) in [5.74, 6) is -1.35. The quantitative estimate of drug-likeness (QED) is 0.631. The summed E-state index contributed by atoms with van der Waals surface area (Å²) in [6, 6.07) is 6.54. The third kappa shape index (κ3) is 3.54. The number of carboxylic acids is 1. The number of benzene rings is 1. The van der Waals surface area contributed by atoms with Crippen molar-refractivity contribution in [2.75, 3.05) is 11.4 Å². The number of anilines is 1. The molecular formula is C17H18N2O5. The zero-order valence-corrected chi connectivity index (χ0v) is 13.5. The lowest BCUT2D eigenvalue weighted by molar-refractivity contribution is -0.137. The number of carboxylic acid groups (broad SMARTS) is 1. The second-order valence-corrected chi connectivity index (χ2v) is 5.86. The van der Waals surface area contributed by atoms with Crippen molar-refractivity contribution in [2.24, 2.45) is 5.92 Å². The summed E-state index contributed by atoms with van der Waals surface area (Å²) in [4.78, 5) is 36.5. The molecule has 0 fully saturated rings. The Hall–Kier alpha value is -2.88. The molecule has 1 amide bonds. The number of hydrogen-bond donors (Lipinski definition) is 1. The average Bonchev–Trinajstić information content (AvgIpc) is 2.54. The summed E-state index contributed by atoms with van der Waals surface area (Å²) >= 11 is 0. The van der Waals surface area contributed by atoms with Crippen LogP contribution in [-0.2, 0) is 9.59 Å². The molecule has 0 saturated carbocycles. The van der Waals surface area contributed by atoms with Crippen LogP contribution in [0.3, 0.4) is 0 Å². The van der Waals surface area contributed by atoms with Crippen LogP contribution in [0.25, 0.3) is 0 Å². The Morgan fingerprint density at radius 1 is 1.38 bits per heavy atom. The molecule has 2 rings (SSSR count). The molecule has 7 nitrogen and oxygen atoms in total. The number of Topliss-reactive ketones (excluding diaryl/α,β-unsaturated/α-hetero) is 1. The Morgan fingerprint density at radius 2 is 2.08 bits per heavy atom. The van der Waals surface area contributed by atoms with E-state index in [1.54, 1.807) is 12.1 Å². The number of carbonyl (C=O) groups is 3. The first-order valence-electron chi connectivity index (χ1n) is 7.59. The molecule has 0 aliphatic carbocycles. The summed E-state index contributed by atoms with van der Waals surface area (Å²) in [5.41, 5.74) is 0.650. The summed E-state index contributed by atoms with van der Waals surface area (Å²) < 4.78 is 5.71. The highest BCUT2D eigenvalue weighted by molar-refractivity contribution is 6.03. The van der Waals surface area contributed by atoms with Gasteiger partial charge in [-0.15, -0.1) is 0 Å². The van der Waals surface area contributed by atoms with Crippen LogP contribution < -0.4 is 9.64 Å². The lowest BCUT2D eigenvalue weighted by Gasteiger charge is -2.35. The third-order valence-corrected chi connectivity index (χ3v) is 3.74. The molecule has 1 aliphatic heterocycles. The summed E-state index contributed by atoms with van der Waals surface area (Å²) in [6.07, 6.45) is -1.07. The molecule has 1 aromatic carbocycles. The van der Waals surface area contributed by atoms with Crippen molar-refractivity contribution in [3.63, 3.8) is 0 Å². The molecule has 126 valence electrons. The van der Waals surface area contributed by atoms with Crippen LogP contribution in [0.2, 0.25) is 0 Å². The van der Waals surface area contributed by atoms with Gasteiger partial charge in [0.15, 0.2) is 11.9 Å². The summed E-state index contributed by atoms with van der Waals surface area (Å²) in [6.45, 7) is 3.55. The van der Waals surface area contributed by atoms with Crippen LogP contribution in [0.4, 0.5) is 5.69 Å². The van der Waals surface area contributed by atoms with Gasteiger partial charge in [0.25, 0.3) is 5.91 Å². The smallest absolute Gasteiger partial charge is 0.303 e. The zero-order valence-electron chi connectivity index (χ0n) is 13.5. The van der Waals surface area contributed by atoms with Crippen LogP contribution in [0.1, 0.15) is 37.0 Å². The molecule has 1 heterocycles. The number of rotatable bonds is 6. The van der Waals surface area contributed by atoms with Gasteiger partial charge in [0.05, 0.1) is 18.2 Å². The maximum absolute atomic E-state index is 12.5. The van der Waals surface area contributed by atoms with Crippen molar-refractivity contribution in [1.82, 2.24) is 0 Å². The standard InChI is InChI=1S/C17H18N2O5/c1-10(2)16-17(23)19(8-7-18)12-9-11(3-5-14(12)24-16)13(20)4-6-15(21)22/h3,5,9-10,16H,4,6,8H2,1-2H3,(H,21,22). The van der Waals surface area contributed by atoms with Crippen molar-refractivity contribution < 1.29 is 24.2 Å². The number of carbonyl (C=O) groups excluding carboxylic acids is 2. The van der Waals surface area contributed by atoms with E-state index in [1.807, 2.05) is 19.9 Å². The first kappa shape index (κ1) is 17.5. The minimum atomic E-state index is -1.05. The minimum Gasteiger partial charge on any atom is -0.481 e. The van der Waals surface area contributed by atoms with Gasteiger partial charge in [-0.2, -0.15) is 5.26 Å². The molecular weight excluding hydrogens is 312 g/mol. The number of nitrogens with zero attached hydrogens (tertiary/aromatic N) is 2. The highest BCUT2D eigenvalue weighted by Crippen LogP contribution is 2.36. The van der Waals surface area contributed by atoms with E-state index in [-0.39, 0.29) is 42.6 Å². The molecule has 1 aromatic rings. The summed E-state index contributed by atoms with van der Waals surface area (Å²) in [5, 5.41) is 17.7. The van der Waals surface area contributed by atoms with E-state index >= 15 is 0 Å². The molecule has 0 spiro atoms. The maximum Gasteiger partial charge on any atom is 0.303 e. The SMILES string of the molecule is CC(C)C1Oc2ccc(C(=O)CCC(=O)O)cc2N(CC#N)C1=O. The predicted octanol–water partition coefficient (Wildman–Crippen LogP) is 2.01. The van der Waals surface area contributed by atoms with Crippen molar-refractivity contribution in [1.29, 1.82) is 5.26 Å². The van der Waals surface area contributed by atoms with E-state index in [4.69, 9.17) is 15.1 Å². The van der Waals surface area contributed by atoms with Crippen molar-refractivity contribution in [3.05, 3.63) is 23.8 Å². The monoisotopic (exact) mass is 330 g/mol.